The maximum Gasteiger partial charge on any atom is 0.243 e. The van der Waals surface area contributed by atoms with Crippen LogP contribution in [-0.4, -0.2) is 22.2 Å². The first-order chi connectivity index (χ1) is 8.72. The Morgan fingerprint density at radius 3 is 2.89 bits per heavy atom. The van der Waals surface area contributed by atoms with E-state index in [9.17, 15) is 0 Å². The molecule has 0 amide bonds. The molecule has 2 aromatic heterocycles. The summed E-state index contributed by atoms with van der Waals surface area (Å²) in [6.07, 6.45) is 3.07. The van der Waals surface area contributed by atoms with Gasteiger partial charge in [0.15, 0.2) is 5.82 Å². The molecule has 2 aromatic rings. The summed E-state index contributed by atoms with van der Waals surface area (Å²) in [5.74, 6) is 1.68. The van der Waals surface area contributed by atoms with Gasteiger partial charge in [-0.25, -0.2) is 4.98 Å². The summed E-state index contributed by atoms with van der Waals surface area (Å²) in [4.78, 5) is 8.38. The molecule has 2 N–H and O–H groups in total. The van der Waals surface area contributed by atoms with E-state index in [1.807, 2.05) is 13.0 Å². The highest BCUT2D eigenvalue weighted by atomic mass is 16.5. The molecule has 0 unspecified atom stereocenters. The van der Waals surface area contributed by atoms with E-state index in [1.54, 1.807) is 19.4 Å². The van der Waals surface area contributed by atoms with Gasteiger partial charge in [0.25, 0.3) is 0 Å². The third-order valence-corrected chi connectivity index (χ3v) is 2.61. The van der Waals surface area contributed by atoms with Gasteiger partial charge in [0.2, 0.25) is 11.8 Å². The van der Waals surface area contributed by atoms with Crippen LogP contribution in [-0.2, 0) is 6.42 Å². The topological polar surface area (TPSA) is 87.1 Å². The van der Waals surface area contributed by atoms with Gasteiger partial charge < -0.3 is 15.0 Å². The van der Waals surface area contributed by atoms with Gasteiger partial charge in [-0.1, -0.05) is 18.1 Å². The standard InChI is InChI=1S/C12H16N4O2/c1-3-9(13)12-15-10(16-18-12)6-8-4-5-11(17-2)14-7-8/h4-5,7,9H,3,6,13H2,1-2H3/t9-/m0/s1. The highest BCUT2D eigenvalue weighted by Gasteiger charge is 2.13. The molecule has 0 saturated carbocycles. The minimum Gasteiger partial charge on any atom is -0.481 e. The summed E-state index contributed by atoms with van der Waals surface area (Å²) >= 11 is 0. The molecule has 1 atom stereocenters. The van der Waals surface area contributed by atoms with E-state index in [1.165, 1.54) is 0 Å². The van der Waals surface area contributed by atoms with Crippen molar-refractivity contribution in [2.75, 3.05) is 7.11 Å². The molecular formula is C12H16N4O2. The fourth-order valence-corrected chi connectivity index (χ4v) is 1.48. The fraction of sp³-hybridized carbons (Fsp3) is 0.417. The minimum atomic E-state index is -0.194. The molecule has 6 heteroatoms. The maximum atomic E-state index is 5.81. The van der Waals surface area contributed by atoms with Crippen molar-refractivity contribution >= 4 is 0 Å². The lowest BCUT2D eigenvalue weighted by Crippen LogP contribution is -2.08. The molecule has 0 bridgehead atoms. The van der Waals surface area contributed by atoms with Crippen LogP contribution in [0, 0.1) is 0 Å². The molecule has 0 radical (unpaired) electrons. The smallest absolute Gasteiger partial charge is 0.243 e. The molecule has 2 rings (SSSR count). The second-order valence-electron chi connectivity index (χ2n) is 3.95. The first-order valence-corrected chi connectivity index (χ1v) is 5.80. The molecule has 0 saturated heterocycles. The van der Waals surface area contributed by atoms with Crippen LogP contribution in [0.4, 0.5) is 0 Å². The Kier molecular flexibility index (Phi) is 3.88. The zero-order chi connectivity index (χ0) is 13.0. The Hall–Kier alpha value is -1.95. The van der Waals surface area contributed by atoms with Gasteiger partial charge in [-0.2, -0.15) is 4.98 Å². The van der Waals surface area contributed by atoms with Crippen molar-refractivity contribution in [2.45, 2.75) is 25.8 Å². The van der Waals surface area contributed by atoms with E-state index >= 15 is 0 Å². The number of pyridine rings is 1. The van der Waals surface area contributed by atoms with E-state index < -0.39 is 0 Å². The lowest BCUT2D eigenvalue weighted by Gasteiger charge is -2.00. The number of rotatable bonds is 5. The van der Waals surface area contributed by atoms with E-state index in [4.69, 9.17) is 15.0 Å². The number of ether oxygens (including phenoxy) is 1. The van der Waals surface area contributed by atoms with Crippen LogP contribution in [0.2, 0.25) is 0 Å². The summed E-state index contributed by atoms with van der Waals surface area (Å²) in [6, 6.07) is 3.52. The number of nitrogens with zero attached hydrogens (tertiary/aromatic N) is 3. The van der Waals surface area contributed by atoms with Crippen LogP contribution in [0.3, 0.4) is 0 Å². The van der Waals surface area contributed by atoms with E-state index in [2.05, 4.69) is 15.1 Å². The van der Waals surface area contributed by atoms with Crippen LogP contribution in [0.1, 0.15) is 36.7 Å². The molecular weight excluding hydrogens is 232 g/mol. The van der Waals surface area contributed by atoms with Crippen molar-refractivity contribution in [3.8, 4) is 5.88 Å². The minimum absolute atomic E-state index is 0.194. The monoisotopic (exact) mass is 248 g/mol. The molecule has 18 heavy (non-hydrogen) atoms. The lowest BCUT2D eigenvalue weighted by molar-refractivity contribution is 0.348. The zero-order valence-electron chi connectivity index (χ0n) is 10.5. The Morgan fingerprint density at radius 1 is 1.44 bits per heavy atom. The number of nitrogens with two attached hydrogens (primary N) is 1. The Morgan fingerprint density at radius 2 is 2.28 bits per heavy atom. The molecule has 6 nitrogen and oxygen atoms in total. The first-order valence-electron chi connectivity index (χ1n) is 5.80. The summed E-state index contributed by atoms with van der Waals surface area (Å²) in [5, 5.41) is 3.90. The maximum absolute atomic E-state index is 5.81. The molecule has 96 valence electrons. The summed E-state index contributed by atoms with van der Waals surface area (Å²) < 4.78 is 10.1. The fourth-order valence-electron chi connectivity index (χ4n) is 1.48. The van der Waals surface area contributed by atoms with Crippen LogP contribution in [0.5, 0.6) is 5.88 Å². The molecule has 0 aliphatic heterocycles. The van der Waals surface area contributed by atoms with Gasteiger partial charge in [-0.05, 0) is 12.0 Å². The van der Waals surface area contributed by atoms with Crippen LogP contribution < -0.4 is 10.5 Å². The van der Waals surface area contributed by atoms with E-state index in [0.29, 0.717) is 24.0 Å². The van der Waals surface area contributed by atoms with Gasteiger partial charge >= 0.3 is 0 Å². The SMILES string of the molecule is CC[C@H](N)c1nc(Cc2ccc(OC)nc2)no1. The average Bonchev–Trinajstić information content (AvgIpc) is 2.87. The van der Waals surface area contributed by atoms with E-state index in [0.717, 1.165) is 12.0 Å². The Balaban J connectivity index is 2.06. The number of aromatic nitrogens is 3. The third-order valence-electron chi connectivity index (χ3n) is 2.61. The first kappa shape index (κ1) is 12.5. The van der Waals surface area contributed by atoms with E-state index in [-0.39, 0.29) is 6.04 Å². The molecule has 0 fully saturated rings. The molecule has 2 heterocycles. The molecule has 0 aliphatic rings. The number of methoxy groups -OCH3 is 1. The number of hydrogen-bond donors (Lipinski definition) is 1. The van der Waals surface area contributed by atoms with Crippen LogP contribution >= 0.6 is 0 Å². The Bertz CT molecular complexity index is 495. The zero-order valence-corrected chi connectivity index (χ0v) is 10.5. The van der Waals surface area contributed by atoms with Crippen molar-refractivity contribution in [3.05, 3.63) is 35.6 Å². The van der Waals surface area contributed by atoms with Gasteiger partial charge in [0, 0.05) is 18.7 Å². The average molecular weight is 248 g/mol. The number of hydrogen-bond acceptors (Lipinski definition) is 6. The van der Waals surface area contributed by atoms with Crippen molar-refractivity contribution < 1.29 is 9.26 Å². The molecule has 0 spiro atoms. The van der Waals surface area contributed by atoms with Gasteiger partial charge in [-0.15, -0.1) is 0 Å². The van der Waals surface area contributed by atoms with Crippen molar-refractivity contribution in [1.82, 2.24) is 15.1 Å². The highest BCUT2D eigenvalue weighted by molar-refractivity contribution is 5.20. The predicted octanol–water partition coefficient (Wildman–Crippen LogP) is 1.47. The van der Waals surface area contributed by atoms with Crippen LogP contribution in [0.15, 0.2) is 22.9 Å². The summed E-state index contributed by atoms with van der Waals surface area (Å²) in [5.41, 5.74) is 6.81. The molecule has 0 aromatic carbocycles. The van der Waals surface area contributed by atoms with Crippen molar-refractivity contribution in [2.24, 2.45) is 5.73 Å². The Labute approximate surface area is 105 Å². The second-order valence-corrected chi connectivity index (χ2v) is 3.95. The van der Waals surface area contributed by atoms with Gasteiger partial charge in [0.05, 0.1) is 13.2 Å². The predicted molar refractivity (Wildman–Crippen MR) is 65.1 cm³/mol. The summed E-state index contributed by atoms with van der Waals surface area (Å²) in [7, 11) is 1.58. The normalized spacial score (nSPS) is 12.4. The van der Waals surface area contributed by atoms with Crippen LogP contribution in [0.25, 0.3) is 0 Å². The van der Waals surface area contributed by atoms with Gasteiger partial charge in [-0.3, -0.25) is 0 Å². The summed E-state index contributed by atoms with van der Waals surface area (Å²) in [6.45, 7) is 1.97. The van der Waals surface area contributed by atoms with Crippen molar-refractivity contribution in [3.63, 3.8) is 0 Å². The molecule has 0 aliphatic carbocycles. The highest BCUT2D eigenvalue weighted by Crippen LogP contribution is 2.13. The largest absolute Gasteiger partial charge is 0.481 e. The third kappa shape index (κ3) is 2.84. The van der Waals surface area contributed by atoms with Gasteiger partial charge in [0.1, 0.15) is 0 Å². The lowest BCUT2D eigenvalue weighted by atomic mass is 10.2. The quantitative estimate of drug-likeness (QED) is 0.862. The second kappa shape index (κ2) is 5.59. The van der Waals surface area contributed by atoms with Crippen molar-refractivity contribution in [1.29, 1.82) is 0 Å².